The molecule has 0 atom stereocenters. The third-order valence-electron chi connectivity index (χ3n) is 7.09. The predicted molar refractivity (Wildman–Crippen MR) is 172 cm³/mol. The number of nitrogens with one attached hydrogen (secondary N) is 3. The van der Waals surface area contributed by atoms with Gasteiger partial charge in [0.05, 0.1) is 16.2 Å². The Hall–Kier alpha value is -4.40. The first-order valence-corrected chi connectivity index (χ1v) is 15.8. The molecular weight excluding hydrogens is 544 g/mol. The largest absolute Gasteiger partial charge is 0.354 e. The van der Waals surface area contributed by atoms with E-state index in [1.54, 1.807) is 36.4 Å². The number of fused-ring (bicyclic) bond motifs is 1. The second-order valence-electron chi connectivity index (χ2n) is 10.3. The molecule has 4 aromatic rings. The number of nitrogens with zero attached hydrogens (tertiary/aromatic N) is 1. The number of sulfonamides is 1. The monoisotopic (exact) mass is 580 g/mol. The maximum atomic E-state index is 13.4. The summed E-state index contributed by atoms with van der Waals surface area (Å²) < 4.78 is 29.1. The minimum Gasteiger partial charge on any atom is -0.354 e. The number of hydrogen-bond acceptors (Lipinski definition) is 5. The molecule has 1 amide bonds. The zero-order valence-corrected chi connectivity index (χ0v) is 24.7. The van der Waals surface area contributed by atoms with E-state index >= 15 is 0 Å². The van der Waals surface area contributed by atoms with Crippen LogP contribution in [-0.4, -0.2) is 32.3 Å². The van der Waals surface area contributed by atoms with Gasteiger partial charge in [0.1, 0.15) is 0 Å². The second-order valence-corrected chi connectivity index (χ2v) is 12.0. The van der Waals surface area contributed by atoms with Gasteiger partial charge in [0.2, 0.25) is 0 Å². The smallest absolute Gasteiger partial charge is 0.261 e. The highest BCUT2D eigenvalue weighted by Gasteiger charge is 2.30. The SMILES string of the molecule is CCCN(CCC)Cc1ccc(NC(=C2C(=O)Nc3ccc(S(=O)(=O)Nc4ccccc4)cc32)c2ccccc2)cc1. The molecule has 0 bridgehead atoms. The van der Waals surface area contributed by atoms with Crippen molar-refractivity contribution in [2.24, 2.45) is 0 Å². The molecule has 0 aromatic heterocycles. The zero-order valence-electron chi connectivity index (χ0n) is 23.9. The van der Waals surface area contributed by atoms with Gasteiger partial charge < -0.3 is 10.6 Å². The summed E-state index contributed by atoms with van der Waals surface area (Å²) in [5, 5.41) is 6.39. The van der Waals surface area contributed by atoms with E-state index in [9.17, 15) is 13.2 Å². The number of carbonyl (C=O) groups is 1. The zero-order chi connectivity index (χ0) is 29.5. The van der Waals surface area contributed by atoms with Gasteiger partial charge in [-0.3, -0.25) is 14.4 Å². The van der Waals surface area contributed by atoms with Crippen molar-refractivity contribution in [2.45, 2.75) is 38.1 Å². The summed E-state index contributed by atoms with van der Waals surface area (Å²) in [4.78, 5) is 15.9. The van der Waals surface area contributed by atoms with Crippen molar-refractivity contribution >= 4 is 44.3 Å². The fourth-order valence-electron chi connectivity index (χ4n) is 5.16. The Kier molecular flexibility index (Phi) is 9.05. The maximum absolute atomic E-state index is 13.4. The van der Waals surface area contributed by atoms with Gasteiger partial charge in [-0.15, -0.1) is 0 Å². The second kappa shape index (κ2) is 13.1. The molecule has 1 heterocycles. The summed E-state index contributed by atoms with van der Waals surface area (Å²) in [5.74, 6) is -0.298. The highest BCUT2D eigenvalue weighted by molar-refractivity contribution is 7.92. The van der Waals surface area contributed by atoms with Crippen LogP contribution in [0, 0.1) is 0 Å². The van der Waals surface area contributed by atoms with Crippen molar-refractivity contribution in [3.63, 3.8) is 0 Å². The third-order valence-corrected chi connectivity index (χ3v) is 8.47. The Morgan fingerprint density at radius 2 is 1.43 bits per heavy atom. The van der Waals surface area contributed by atoms with Crippen LogP contribution in [0.2, 0.25) is 0 Å². The van der Waals surface area contributed by atoms with Gasteiger partial charge >= 0.3 is 0 Å². The highest BCUT2D eigenvalue weighted by atomic mass is 32.2. The predicted octanol–water partition coefficient (Wildman–Crippen LogP) is 7.04. The lowest BCUT2D eigenvalue weighted by atomic mass is 10.00. The fraction of sp³-hybridized carbons (Fsp3) is 0.206. The molecule has 0 aliphatic carbocycles. The minimum atomic E-state index is -3.88. The van der Waals surface area contributed by atoms with Crippen molar-refractivity contribution in [3.05, 3.63) is 120 Å². The van der Waals surface area contributed by atoms with Gasteiger partial charge in [-0.2, -0.15) is 0 Å². The van der Waals surface area contributed by atoms with E-state index in [-0.39, 0.29) is 10.8 Å². The molecule has 3 N–H and O–H groups in total. The van der Waals surface area contributed by atoms with Crippen molar-refractivity contribution < 1.29 is 13.2 Å². The lowest BCUT2D eigenvalue weighted by Crippen LogP contribution is -2.24. The van der Waals surface area contributed by atoms with Gasteiger partial charge in [-0.25, -0.2) is 8.42 Å². The van der Waals surface area contributed by atoms with Crippen LogP contribution in [0.4, 0.5) is 17.1 Å². The normalized spacial score (nSPS) is 13.9. The average molecular weight is 581 g/mol. The first-order valence-electron chi connectivity index (χ1n) is 14.3. The average Bonchev–Trinajstić information content (AvgIpc) is 3.32. The molecule has 8 heteroatoms. The molecule has 216 valence electrons. The van der Waals surface area contributed by atoms with Crippen LogP contribution in [0.5, 0.6) is 0 Å². The molecular formula is C34H36N4O3S. The molecule has 0 radical (unpaired) electrons. The Balaban J connectivity index is 1.51. The Morgan fingerprint density at radius 1 is 0.786 bits per heavy atom. The number of anilines is 3. The number of rotatable bonds is 12. The molecule has 7 nitrogen and oxygen atoms in total. The fourth-order valence-corrected chi connectivity index (χ4v) is 6.25. The van der Waals surface area contributed by atoms with Crippen molar-refractivity contribution in [1.82, 2.24) is 4.90 Å². The number of para-hydroxylation sites is 1. The van der Waals surface area contributed by atoms with Gasteiger partial charge in [0, 0.05) is 29.2 Å². The van der Waals surface area contributed by atoms with Crippen LogP contribution < -0.4 is 15.4 Å². The van der Waals surface area contributed by atoms with E-state index in [0.717, 1.165) is 43.7 Å². The van der Waals surface area contributed by atoms with Crippen LogP contribution in [0.1, 0.15) is 43.4 Å². The van der Waals surface area contributed by atoms with E-state index < -0.39 is 10.0 Å². The minimum absolute atomic E-state index is 0.0691. The standard InChI is InChI=1S/C34H36N4O3S/c1-3-21-38(22-4-2)24-25-15-17-27(18-16-25)35-33(26-11-7-5-8-12-26)32-30-23-29(19-20-31(30)36-34(32)39)42(40,41)37-28-13-9-6-10-14-28/h5-20,23,35,37H,3-4,21-22,24H2,1-2H3,(H,36,39). The summed E-state index contributed by atoms with van der Waals surface area (Å²) >= 11 is 0. The van der Waals surface area contributed by atoms with Crippen molar-refractivity contribution in [2.75, 3.05) is 28.4 Å². The van der Waals surface area contributed by atoms with Gasteiger partial charge in [0.25, 0.3) is 15.9 Å². The first-order chi connectivity index (χ1) is 20.4. The number of amides is 1. The quantitative estimate of drug-likeness (QED) is 0.156. The van der Waals surface area contributed by atoms with E-state index in [0.29, 0.717) is 28.2 Å². The summed E-state index contributed by atoms with van der Waals surface area (Å²) in [6, 6.07) is 31.3. The first kappa shape index (κ1) is 29.1. The molecule has 1 aliphatic heterocycles. The number of carbonyl (C=O) groups excluding carboxylic acids is 1. The van der Waals surface area contributed by atoms with E-state index in [1.165, 1.54) is 11.6 Å². The topological polar surface area (TPSA) is 90.5 Å². The lowest BCUT2D eigenvalue weighted by Gasteiger charge is -2.21. The number of hydrogen-bond donors (Lipinski definition) is 3. The third kappa shape index (κ3) is 6.73. The molecule has 0 unspecified atom stereocenters. The molecule has 0 saturated carbocycles. The van der Waals surface area contributed by atoms with Gasteiger partial charge in [0.15, 0.2) is 0 Å². The molecule has 0 saturated heterocycles. The van der Waals surface area contributed by atoms with Crippen LogP contribution in [-0.2, 0) is 21.4 Å². The van der Waals surface area contributed by atoms with E-state index in [1.807, 2.05) is 48.5 Å². The Morgan fingerprint density at radius 3 is 2.07 bits per heavy atom. The Labute approximate surface area is 248 Å². The molecule has 4 aromatic carbocycles. The lowest BCUT2D eigenvalue weighted by molar-refractivity contribution is -0.110. The molecule has 5 rings (SSSR count). The maximum Gasteiger partial charge on any atom is 0.261 e. The molecule has 0 fully saturated rings. The van der Waals surface area contributed by atoms with Crippen molar-refractivity contribution in [1.29, 1.82) is 0 Å². The van der Waals surface area contributed by atoms with Gasteiger partial charge in [-0.1, -0.05) is 74.5 Å². The van der Waals surface area contributed by atoms with Crippen molar-refractivity contribution in [3.8, 4) is 0 Å². The number of benzene rings is 4. The van der Waals surface area contributed by atoms with Crippen LogP contribution in [0.3, 0.4) is 0 Å². The highest BCUT2D eigenvalue weighted by Crippen LogP contribution is 2.39. The van der Waals surface area contributed by atoms with Crippen LogP contribution in [0.15, 0.2) is 108 Å². The van der Waals surface area contributed by atoms with Gasteiger partial charge in [-0.05, 0) is 79.5 Å². The van der Waals surface area contributed by atoms with Crippen LogP contribution in [0.25, 0.3) is 11.3 Å². The summed E-state index contributed by atoms with van der Waals surface area (Å²) in [7, 11) is -3.88. The van der Waals surface area contributed by atoms with E-state index in [2.05, 4.69) is 46.2 Å². The van der Waals surface area contributed by atoms with E-state index in [4.69, 9.17) is 0 Å². The molecule has 0 spiro atoms. The Bertz CT molecular complexity index is 1660. The summed E-state index contributed by atoms with van der Waals surface area (Å²) in [6.07, 6.45) is 2.23. The molecule has 42 heavy (non-hydrogen) atoms. The molecule has 1 aliphatic rings. The summed E-state index contributed by atoms with van der Waals surface area (Å²) in [6.45, 7) is 7.41. The van der Waals surface area contributed by atoms with Crippen LogP contribution >= 0.6 is 0 Å². The summed E-state index contributed by atoms with van der Waals surface area (Å²) in [5.41, 5.74) is 5.40.